The molecule has 1 aromatic rings. The zero-order valence-corrected chi connectivity index (χ0v) is 13.9. The first-order chi connectivity index (χ1) is 10.3. The number of hydroxylamine groups is 3. The van der Waals surface area contributed by atoms with Gasteiger partial charge in [-0.2, -0.15) is 5.06 Å². The Bertz CT molecular complexity index is 685. The van der Waals surface area contributed by atoms with Crippen molar-refractivity contribution in [3.8, 4) is 0 Å². The maximum atomic E-state index is 13.2. The van der Waals surface area contributed by atoms with Gasteiger partial charge in [-0.15, -0.1) is 4.94 Å². The summed E-state index contributed by atoms with van der Waals surface area (Å²) in [5, 5.41) is 14.1. The molecule has 3 N–H and O–H groups in total. The molecule has 0 saturated carbocycles. The Morgan fingerprint density at radius 3 is 2.77 bits per heavy atom. The Hall–Kier alpha value is -1.40. The van der Waals surface area contributed by atoms with Crippen molar-refractivity contribution in [1.82, 2.24) is 15.3 Å². The van der Waals surface area contributed by atoms with Gasteiger partial charge in [0.2, 0.25) is 10.0 Å². The molecule has 11 heteroatoms. The molecule has 0 bridgehead atoms. The van der Waals surface area contributed by atoms with Gasteiger partial charge in [0.1, 0.15) is 5.82 Å². The number of anilines is 1. The third kappa shape index (κ3) is 4.55. The Morgan fingerprint density at radius 2 is 2.14 bits per heavy atom. The topological polar surface area (TPSA) is 94.1 Å². The molecule has 0 saturated heterocycles. The third-order valence-corrected chi connectivity index (χ3v) is 3.90. The summed E-state index contributed by atoms with van der Waals surface area (Å²) in [6, 6.07) is 4.20. The molecule has 0 fully saturated rings. The van der Waals surface area contributed by atoms with E-state index in [4.69, 9.17) is 4.94 Å². The van der Waals surface area contributed by atoms with Gasteiger partial charge in [0.25, 0.3) is 0 Å². The molecule has 122 valence electrons. The zero-order valence-electron chi connectivity index (χ0n) is 11.5. The molecule has 22 heavy (non-hydrogen) atoms. The van der Waals surface area contributed by atoms with Gasteiger partial charge < -0.3 is 5.32 Å². The van der Waals surface area contributed by atoms with Crippen molar-refractivity contribution in [2.45, 2.75) is 0 Å². The number of rotatable bonds is 6. The van der Waals surface area contributed by atoms with E-state index in [1.165, 1.54) is 29.5 Å². The highest BCUT2D eigenvalue weighted by atomic mass is 79.9. The Labute approximate surface area is 135 Å². The van der Waals surface area contributed by atoms with Crippen LogP contribution in [0.2, 0.25) is 0 Å². The summed E-state index contributed by atoms with van der Waals surface area (Å²) in [7, 11) is -3.26. The molecule has 1 aromatic carbocycles. The predicted octanol–water partition coefficient (Wildman–Crippen LogP) is 0.884. The number of nitrogens with zero attached hydrogens (tertiary/aromatic N) is 2. The van der Waals surface area contributed by atoms with Crippen LogP contribution in [0.1, 0.15) is 0 Å². The molecule has 1 heterocycles. The molecule has 0 atom stereocenters. The van der Waals surface area contributed by atoms with E-state index in [1.54, 1.807) is 0 Å². The van der Waals surface area contributed by atoms with Crippen LogP contribution in [0.25, 0.3) is 0 Å². The van der Waals surface area contributed by atoms with Crippen LogP contribution in [-0.4, -0.2) is 38.2 Å². The summed E-state index contributed by atoms with van der Waals surface area (Å²) >= 11 is 3.06. The molecular weight excluding hydrogens is 383 g/mol. The summed E-state index contributed by atoms with van der Waals surface area (Å²) < 4.78 is 37.6. The van der Waals surface area contributed by atoms with Gasteiger partial charge in [-0.1, -0.05) is 5.23 Å². The fourth-order valence-electron chi connectivity index (χ4n) is 1.60. The van der Waals surface area contributed by atoms with E-state index >= 15 is 0 Å². The van der Waals surface area contributed by atoms with Crippen LogP contribution in [0.5, 0.6) is 0 Å². The number of sulfonamides is 1. The average Bonchev–Trinajstić information content (AvgIpc) is 2.78. The zero-order chi connectivity index (χ0) is 16.3. The van der Waals surface area contributed by atoms with E-state index in [-0.39, 0.29) is 23.4 Å². The predicted molar refractivity (Wildman–Crippen MR) is 80.2 cm³/mol. The lowest BCUT2D eigenvalue weighted by atomic mass is 10.3. The molecular formula is C11H14BrFN4O4S. The van der Waals surface area contributed by atoms with Gasteiger partial charge in [-0.3, -0.25) is 5.21 Å². The van der Waals surface area contributed by atoms with Crippen LogP contribution < -0.4 is 15.1 Å². The maximum Gasteiger partial charge on any atom is 0.208 e. The highest BCUT2D eigenvalue weighted by Gasteiger charge is 2.23. The normalized spacial score (nSPS) is 15.2. The highest BCUT2D eigenvalue weighted by molar-refractivity contribution is 9.10. The molecule has 0 spiro atoms. The quantitative estimate of drug-likeness (QED) is 0.614. The summed E-state index contributed by atoms with van der Waals surface area (Å²) in [6.45, 7) is 0.381. The van der Waals surface area contributed by atoms with Crippen molar-refractivity contribution in [3.63, 3.8) is 0 Å². The summed E-state index contributed by atoms with van der Waals surface area (Å²) in [5.41, 5.74) is 0.485. The molecule has 2 rings (SSSR count). The van der Waals surface area contributed by atoms with E-state index in [0.29, 0.717) is 10.9 Å². The average molecular weight is 397 g/mol. The van der Waals surface area contributed by atoms with E-state index < -0.39 is 15.8 Å². The summed E-state index contributed by atoms with van der Waals surface area (Å²) in [4.78, 5) is 5.04. The Kier molecular flexibility index (Phi) is 5.24. The van der Waals surface area contributed by atoms with Gasteiger partial charge in [-0.05, 0) is 34.1 Å². The highest BCUT2D eigenvalue weighted by Crippen LogP contribution is 2.26. The monoisotopic (exact) mass is 396 g/mol. The van der Waals surface area contributed by atoms with E-state index in [9.17, 15) is 18.0 Å². The molecule has 1 aliphatic heterocycles. The first kappa shape index (κ1) is 17.0. The van der Waals surface area contributed by atoms with Crippen molar-refractivity contribution in [3.05, 3.63) is 40.5 Å². The van der Waals surface area contributed by atoms with Crippen LogP contribution in [-0.2, 0) is 15.0 Å². The van der Waals surface area contributed by atoms with Crippen LogP contribution >= 0.6 is 15.9 Å². The lowest BCUT2D eigenvalue weighted by molar-refractivity contribution is -0.306. The second-order valence-corrected chi connectivity index (χ2v) is 7.07. The van der Waals surface area contributed by atoms with Crippen LogP contribution in [0.3, 0.4) is 0 Å². The van der Waals surface area contributed by atoms with Crippen molar-refractivity contribution in [2.75, 3.05) is 24.4 Å². The number of nitrogens with one attached hydrogen (secondary N) is 2. The lowest BCUT2D eigenvalue weighted by Crippen LogP contribution is -2.33. The number of hydrogen-bond acceptors (Lipinski definition) is 7. The van der Waals surface area contributed by atoms with Crippen LogP contribution in [0, 0.1) is 5.82 Å². The number of halogens is 2. The number of benzene rings is 1. The SMILES string of the molecule is CS(=O)(=O)NCCNC1=CN(c2ccc(F)c(Br)c2)ON1O. The standard InChI is InChI=1S/C11H14BrFN4O4S/c1-22(19,20)15-5-4-14-11-7-16(21-17(11)18)8-2-3-10(13)9(12)6-8/h2-3,6-7,14-15,18H,4-5H2,1H3. The molecule has 0 radical (unpaired) electrons. The second-order valence-electron chi connectivity index (χ2n) is 4.39. The third-order valence-electron chi connectivity index (χ3n) is 2.56. The van der Waals surface area contributed by atoms with Crippen molar-refractivity contribution in [2.24, 2.45) is 0 Å². The van der Waals surface area contributed by atoms with Crippen LogP contribution in [0.4, 0.5) is 10.1 Å². The minimum atomic E-state index is -3.26. The van der Waals surface area contributed by atoms with Gasteiger partial charge in [-0.25, -0.2) is 17.5 Å². The largest absolute Gasteiger partial charge is 0.365 e. The van der Waals surface area contributed by atoms with E-state index in [2.05, 4.69) is 26.0 Å². The Morgan fingerprint density at radius 1 is 1.41 bits per heavy atom. The first-order valence-electron chi connectivity index (χ1n) is 6.08. The molecule has 0 amide bonds. The summed E-state index contributed by atoms with van der Waals surface area (Å²) in [5.74, 6) is -0.214. The maximum absolute atomic E-state index is 13.2. The van der Waals surface area contributed by atoms with E-state index in [1.807, 2.05) is 0 Å². The molecule has 1 aliphatic rings. The lowest BCUT2D eigenvalue weighted by Gasteiger charge is -2.16. The fraction of sp³-hybridized carbons (Fsp3) is 0.273. The van der Waals surface area contributed by atoms with Gasteiger partial charge in [0.15, 0.2) is 5.82 Å². The molecule has 0 aliphatic carbocycles. The van der Waals surface area contributed by atoms with Crippen LogP contribution in [0.15, 0.2) is 34.7 Å². The second kappa shape index (κ2) is 6.79. The smallest absolute Gasteiger partial charge is 0.208 e. The molecule has 8 nitrogen and oxygen atoms in total. The minimum absolute atomic E-state index is 0.145. The molecule has 0 aromatic heterocycles. The van der Waals surface area contributed by atoms with Crippen molar-refractivity contribution in [1.29, 1.82) is 0 Å². The van der Waals surface area contributed by atoms with Gasteiger partial charge >= 0.3 is 0 Å². The van der Waals surface area contributed by atoms with E-state index in [0.717, 1.165) is 6.26 Å². The minimum Gasteiger partial charge on any atom is -0.365 e. The van der Waals surface area contributed by atoms with Crippen molar-refractivity contribution < 1.29 is 23.0 Å². The Balaban J connectivity index is 1.96. The first-order valence-corrected chi connectivity index (χ1v) is 8.76. The van der Waals surface area contributed by atoms with Gasteiger partial charge in [0.05, 0.1) is 22.6 Å². The summed E-state index contributed by atoms with van der Waals surface area (Å²) in [6.07, 6.45) is 2.48. The van der Waals surface area contributed by atoms with Crippen molar-refractivity contribution >= 4 is 31.6 Å². The fourth-order valence-corrected chi connectivity index (χ4v) is 2.43. The number of hydrogen-bond donors (Lipinski definition) is 3. The van der Waals surface area contributed by atoms with Gasteiger partial charge in [0, 0.05) is 13.1 Å². The molecule has 0 unspecified atom stereocenters.